The van der Waals surface area contributed by atoms with E-state index in [-0.39, 0.29) is 0 Å². The summed E-state index contributed by atoms with van der Waals surface area (Å²) >= 11 is 0. The Balaban J connectivity index is 2.32. The topological polar surface area (TPSA) is 45.0 Å². The molecule has 0 spiro atoms. The summed E-state index contributed by atoms with van der Waals surface area (Å²) in [4.78, 5) is 0. The van der Waals surface area contributed by atoms with Gasteiger partial charge in [-0.05, 0) is 42.8 Å². The molecule has 0 unspecified atom stereocenters. The van der Waals surface area contributed by atoms with E-state index in [0.717, 1.165) is 22.7 Å². The molecule has 0 aliphatic heterocycles. The van der Waals surface area contributed by atoms with Crippen LogP contribution in [0.3, 0.4) is 0 Å². The van der Waals surface area contributed by atoms with Crippen LogP contribution in [0.4, 0.5) is 11.4 Å². The summed E-state index contributed by atoms with van der Waals surface area (Å²) in [6.45, 7) is 2.00. The van der Waals surface area contributed by atoms with Crippen molar-refractivity contribution >= 4 is 11.4 Å². The minimum atomic E-state index is 0.632. The number of hydrogen-bond acceptors (Lipinski definition) is 3. The molecule has 0 heterocycles. The van der Waals surface area contributed by atoms with Gasteiger partial charge >= 0.3 is 0 Å². The number of nitrogens with zero attached hydrogens (tertiary/aromatic N) is 1. The first-order valence-corrected chi connectivity index (χ1v) is 5.65. The van der Waals surface area contributed by atoms with Crippen molar-refractivity contribution < 1.29 is 4.74 Å². The van der Waals surface area contributed by atoms with Gasteiger partial charge in [0.05, 0.1) is 18.4 Å². The molecule has 0 saturated heterocycles. The number of aryl methyl sites for hydroxylation is 1. The Labute approximate surface area is 107 Å². The molecular weight excluding hydrogens is 224 g/mol. The molecule has 0 amide bonds. The Kier molecular flexibility index (Phi) is 3.49. The highest BCUT2D eigenvalue weighted by Gasteiger charge is 2.04. The van der Waals surface area contributed by atoms with Crippen molar-refractivity contribution in [3.63, 3.8) is 0 Å². The number of para-hydroxylation sites is 1. The zero-order chi connectivity index (χ0) is 13.0. The number of methoxy groups -OCH3 is 1. The zero-order valence-electron chi connectivity index (χ0n) is 10.4. The molecule has 2 rings (SSSR count). The Morgan fingerprint density at radius 2 is 1.89 bits per heavy atom. The maximum atomic E-state index is 9.04. The van der Waals surface area contributed by atoms with E-state index in [1.54, 1.807) is 13.2 Å². The zero-order valence-corrected chi connectivity index (χ0v) is 10.4. The Bertz CT molecular complexity index is 600. The number of benzene rings is 2. The quantitative estimate of drug-likeness (QED) is 0.888. The molecule has 90 valence electrons. The predicted octanol–water partition coefficient (Wildman–Crippen LogP) is 3.62. The van der Waals surface area contributed by atoms with Gasteiger partial charge in [-0.15, -0.1) is 0 Å². The maximum absolute atomic E-state index is 9.04. The van der Waals surface area contributed by atoms with Crippen molar-refractivity contribution in [3.8, 4) is 11.8 Å². The SMILES string of the molecule is COc1ccc(Nc2ccccc2C#N)c(C)c1. The summed E-state index contributed by atoms with van der Waals surface area (Å²) in [6, 6.07) is 15.4. The second-order valence-electron chi connectivity index (χ2n) is 3.96. The van der Waals surface area contributed by atoms with Gasteiger partial charge in [0.2, 0.25) is 0 Å². The van der Waals surface area contributed by atoms with E-state index >= 15 is 0 Å². The van der Waals surface area contributed by atoms with E-state index in [2.05, 4.69) is 11.4 Å². The lowest BCUT2D eigenvalue weighted by Crippen LogP contribution is -1.96. The van der Waals surface area contributed by atoms with Crippen LogP contribution in [0.5, 0.6) is 5.75 Å². The van der Waals surface area contributed by atoms with Crippen LogP contribution in [0.25, 0.3) is 0 Å². The van der Waals surface area contributed by atoms with E-state index < -0.39 is 0 Å². The molecule has 0 aliphatic carbocycles. The van der Waals surface area contributed by atoms with E-state index in [9.17, 15) is 0 Å². The number of anilines is 2. The van der Waals surface area contributed by atoms with Gasteiger partial charge in [-0.25, -0.2) is 0 Å². The van der Waals surface area contributed by atoms with Crippen LogP contribution in [-0.2, 0) is 0 Å². The van der Waals surface area contributed by atoms with Gasteiger partial charge in [-0.2, -0.15) is 5.26 Å². The summed E-state index contributed by atoms with van der Waals surface area (Å²) in [5.41, 5.74) is 3.49. The second kappa shape index (κ2) is 5.24. The lowest BCUT2D eigenvalue weighted by molar-refractivity contribution is 0.414. The van der Waals surface area contributed by atoms with Gasteiger partial charge in [-0.1, -0.05) is 12.1 Å². The highest BCUT2D eigenvalue weighted by atomic mass is 16.5. The fourth-order valence-electron chi connectivity index (χ4n) is 1.74. The molecule has 0 bridgehead atoms. The molecule has 18 heavy (non-hydrogen) atoms. The minimum Gasteiger partial charge on any atom is -0.497 e. The van der Waals surface area contributed by atoms with Crippen molar-refractivity contribution in [1.29, 1.82) is 5.26 Å². The largest absolute Gasteiger partial charge is 0.497 e. The first kappa shape index (κ1) is 12.0. The Morgan fingerprint density at radius 1 is 1.11 bits per heavy atom. The molecule has 3 nitrogen and oxygen atoms in total. The van der Waals surface area contributed by atoms with Crippen molar-refractivity contribution in [3.05, 3.63) is 53.6 Å². The van der Waals surface area contributed by atoms with Crippen LogP contribution in [0.15, 0.2) is 42.5 Å². The fraction of sp³-hybridized carbons (Fsp3) is 0.133. The van der Waals surface area contributed by atoms with E-state index in [1.807, 2.05) is 43.3 Å². The monoisotopic (exact) mass is 238 g/mol. The van der Waals surface area contributed by atoms with Crippen molar-refractivity contribution in [2.75, 3.05) is 12.4 Å². The molecule has 1 N–H and O–H groups in total. The van der Waals surface area contributed by atoms with Gasteiger partial charge in [0, 0.05) is 5.69 Å². The van der Waals surface area contributed by atoms with Gasteiger partial charge in [0.1, 0.15) is 11.8 Å². The van der Waals surface area contributed by atoms with Crippen molar-refractivity contribution in [2.24, 2.45) is 0 Å². The van der Waals surface area contributed by atoms with Crippen LogP contribution in [-0.4, -0.2) is 7.11 Å². The molecule has 2 aromatic rings. The molecular formula is C15H14N2O. The summed E-state index contributed by atoms with van der Waals surface area (Å²) in [5.74, 6) is 0.826. The number of nitriles is 1. The molecule has 0 saturated carbocycles. The third kappa shape index (κ3) is 2.44. The second-order valence-corrected chi connectivity index (χ2v) is 3.96. The van der Waals surface area contributed by atoms with Gasteiger partial charge in [-0.3, -0.25) is 0 Å². The number of hydrogen-bond donors (Lipinski definition) is 1. The lowest BCUT2D eigenvalue weighted by Gasteiger charge is -2.11. The molecule has 3 heteroatoms. The highest BCUT2D eigenvalue weighted by Crippen LogP contribution is 2.26. The molecule has 0 atom stereocenters. The number of rotatable bonds is 3. The molecule has 0 aliphatic rings. The van der Waals surface area contributed by atoms with E-state index in [0.29, 0.717) is 5.56 Å². The number of ether oxygens (including phenoxy) is 1. The van der Waals surface area contributed by atoms with Gasteiger partial charge in [0.15, 0.2) is 0 Å². The first-order valence-electron chi connectivity index (χ1n) is 5.65. The van der Waals surface area contributed by atoms with E-state index in [4.69, 9.17) is 10.00 Å². The summed E-state index contributed by atoms with van der Waals surface area (Å²) in [5, 5.41) is 12.3. The maximum Gasteiger partial charge on any atom is 0.119 e. The fourth-order valence-corrected chi connectivity index (χ4v) is 1.74. The average molecular weight is 238 g/mol. The molecule has 0 aromatic heterocycles. The smallest absolute Gasteiger partial charge is 0.119 e. The molecule has 0 radical (unpaired) electrons. The van der Waals surface area contributed by atoms with Crippen LogP contribution in [0, 0.1) is 18.3 Å². The molecule has 2 aromatic carbocycles. The van der Waals surface area contributed by atoms with Crippen LogP contribution in [0.2, 0.25) is 0 Å². The number of nitrogens with one attached hydrogen (secondary N) is 1. The van der Waals surface area contributed by atoms with Crippen molar-refractivity contribution in [1.82, 2.24) is 0 Å². The summed E-state index contributed by atoms with van der Waals surface area (Å²) in [6.07, 6.45) is 0. The predicted molar refractivity (Wildman–Crippen MR) is 72.2 cm³/mol. The summed E-state index contributed by atoms with van der Waals surface area (Å²) < 4.78 is 5.16. The molecule has 0 fully saturated rings. The summed E-state index contributed by atoms with van der Waals surface area (Å²) in [7, 11) is 1.65. The average Bonchev–Trinajstić information content (AvgIpc) is 2.41. The van der Waals surface area contributed by atoms with Gasteiger partial charge < -0.3 is 10.1 Å². The van der Waals surface area contributed by atoms with Crippen LogP contribution >= 0.6 is 0 Å². The first-order chi connectivity index (χ1) is 8.74. The normalized spacial score (nSPS) is 9.61. The van der Waals surface area contributed by atoms with Crippen LogP contribution < -0.4 is 10.1 Å². The van der Waals surface area contributed by atoms with E-state index in [1.165, 1.54) is 0 Å². The standard InChI is InChI=1S/C15H14N2O/c1-11-9-13(18-2)7-8-14(11)17-15-6-4-3-5-12(15)10-16/h3-9,17H,1-2H3. The van der Waals surface area contributed by atoms with Crippen molar-refractivity contribution in [2.45, 2.75) is 6.92 Å². The highest BCUT2D eigenvalue weighted by molar-refractivity contribution is 5.69. The third-order valence-corrected chi connectivity index (χ3v) is 2.75. The Morgan fingerprint density at radius 3 is 2.56 bits per heavy atom. The Hall–Kier alpha value is -2.47. The van der Waals surface area contributed by atoms with Crippen LogP contribution in [0.1, 0.15) is 11.1 Å². The third-order valence-electron chi connectivity index (χ3n) is 2.75. The minimum absolute atomic E-state index is 0.632. The lowest BCUT2D eigenvalue weighted by atomic mass is 10.1. The van der Waals surface area contributed by atoms with Gasteiger partial charge in [0.25, 0.3) is 0 Å².